The number of nitrogens with zero attached hydrogens (tertiary/aromatic N) is 1. The number of hydrogen-bond acceptors (Lipinski definition) is 5. The van der Waals surface area contributed by atoms with Crippen molar-refractivity contribution in [3.8, 4) is 0 Å². The number of nitrogens with one attached hydrogen (secondary N) is 2. The first kappa shape index (κ1) is 16.5. The van der Waals surface area contributed by atoms with Gasteiger partial charge in [-0.15, -0.1) is 0 Å². The van der Waals surface area contributed by atoms with Crippen LogP contribution in [0, 0.1) is 0 Å². The van der Waals surface area contributed by atoms with Gasteiger partial charge in [0.25, 0.3) is 0 Å². The van der Waals surface area contributed by atoms with Gasteiger partial charge in [-0.1, -0.05) is 13.0 Å². The van der Waals surface area contributed by atoms with Crippen molar-refractivity contribution in [1.29, 1.82) is 0 Å². The summed E-state index contributed by atoms with van der Waals surface area (Å²) in [4.78, 5) is 27.3. The Morgan fingerprint density at radius 3 is 2.65 bits per heavy atom. The maximum Gasteiger partial charge on any atom is 0.337 e. The van der Waals surface area contributed by atoms with E-state index in [1.165, 1.54) is 7.11 Å². The summed E-state index contributed by atoms with van der Waals surface area (Å²) in [6.45, 7) is 1.95. The first-order valence-electron chi connectivity index (χ1n) is 7.33. The van der Waals surface area contributed by atoms with Crippen LogP contribution in [0.2, 0.25) is 0 Å². The largest absolute Gasteiger partial charge is 0.465 e. The average molecular weight is 313 g/mol. The fraction of sp³-hybridized carbons (Fsp3) is 0.235. The Morgan fingerprint density at radius 2 is 2.00 bits per heavy atom. The zero-order chi connectivity index (χ0) is 16.7. The summed E-state index contributed by atoms with van der Waals surface area (Å²) in [6.07, 6.45) is 2.87. The minimum Gasteiger partial charge on any atom is -0.465 e. The molecule has 6 nitrogen and oxygen atoms in total. The Kier molecular flexibility index (Phi) is 5.68. The highest BCUT2D eigenvalue weighted by atomic mass is 16.5. The molecule has 0 bridgehead atoms. The van der Waals surface area contributed by atoms with Gasteiger partial charge in [-0.25, -0.2) is 9.78 Å². The van der Waals surface area contributed by atoms with Gasteiger partial charge < -0.3 is 15.4 Å². The van der Waals surface area contributed by atoms with Crippen molar-refractivity contribution in [3.05, 3.63) is 48.2 Å². The molecule has 0 aliphatic carbocycles. The van der Waals surface area contributed by atoms with E-state index in [0.717, 1.165) is 12.1 Å². The number of benzene rings is 1. The lowest BCUT2D eigenvalue weighted by atomic mass is 10.2. The van der Waals surface area contributed by atoms with Gasteiger partial charge in [-0.05, 0) is 36.8 Å². The van der Waals surface area contributed by atoms with E-state index in [1.807, 2.05) is 13.0 Å². The fourth-order valence-electron chi connectivity index (χ4n) is 1.98. The molecular weight excluding hydrogens is 294 g/mol. The normalized spacial score (nSPS) is 10.0. The average Bonchev–Trinajstić information content (AvgIpc) is 2.56. The van der Waals surface area contributed by atoms with E-state index >= 15 is 0 Å². The van der Waals surface area contributed by atoms with E-state index in [2.05, 4.69) is 15.6 Å². The summed E-state index contributed by atoms with van der Waals surface area (Å²) in [5.41, 5.74) is 1.83. The third kappa shape index (κ3) is 4.81. The molecule has 0 saturated heterocycles. The Bertz CT molecular complexity index is 684. The van der Waals surface area contributed by atoms with E-state index in [-0.39, 0.29) is 5.91 Å². The predicted octanol–water partition coefficient (Wildman–Crippen LogP) is 3.35. The highest BCUT2D eigenvalue weighted by molar-refractivity contribution is 5.91. The van der Waals surface area contributed by atoms with Crippen LogP contribution in [0.1, 0.15) is 30.1 Å². The number of amides is 1. The molecule has 2 aromatic rings. The second kappa shape index (κ2) is 7.93. The zero-order valence-corrected chi connectivity index (χ0v) is 13.1. The smallest absolute Gasteiger partial charge is 0.337 e. The van der Waals surface area contributed by atoms with Gasteiger partial charge in [-0.2, -0.15) is 0 Å². The van der Waals surface area contributed by atoms with Crippen LogP contribution >= 0.6 is 0 Å². The van der Waals surface area contributed by atoms with Crippen LogP contribution in [0.25, 0.3) is 0 Å². The molecule has 0 fully saturated rings. The van der Waals surface area contributed by atoms with Gasteiger partial charge in [0.2, 0.25) is 5.91 Å². The highest BCUT2D eigenvalue weighted by Gasteiger charge is 2.06. The van der Waals surface area contributed by atoms with Gasteiger partial charge in [0, 0.05) is 12.1 Å². The Hall–Kier alpha value is -2.89. The quantitative estimate of drug-likeness (QED) is 0.799. The fourth-order valence-corrected chi connectivity index (χ4v) is 1.98. The number of methoxy groups -OCH3 is 1. The molecule has 1 amide bonds. The molecule has 0 unspecified atom stereocenters. The molecule has 0 saturated carbocycles. The number of ether oxygens (including phenoxy) is 1. The van der Waals surface area contributed by atoms with Crippen LogP contribution in [0.4, 0.5) is 17.2 Å². The van der Waals surface area contributed by atoms with Crippen LogP contribution < -0.4 is 10.6 Å². The Balaban J connectivity index is 2.03. The minimum absolute atomic E-state index is 0.0270. The molecule has 0 atom stereocenters. The lowest BCUT2D eigenvalue weighted by Gasteiger charge is -2.08. The van der Waals surface area contributed by atoms with Crippen LogP contribution in [0.15, 0.2) is 42.6 Å². The van der Waals surface area contributed by atoms with Gasteiger partial charge in [0.15, 0.2) is 0 Å². The molecule has 2 N–H and O–H groups in total. The number of carbonyl (C=O) groups excluding carboxylic acids is 2. The molecule has 0 spiro atoms. The van der Waals surface area contributed by atoms with Crippen LogP contribution in [-0.2, 0) is 9.53 Å². The van der Waals surface area contributed by atoms with Crippen molar-refractivity contribution in [2.24, 2.45) is 0 Å². The number of aromatic nitrogens is 1. The summed E-state index contributed by atoms with van der Waals surface area (Å²) in [5.74, 6) is 0.192. The van der Waals surface area contributed by atoms with Crippen LogP contribution in [-0.4, -0.2) is 24.0 Å². The minimum atomic E-state index is -0.393. The summed E-state index contributed by atoms with van der Waals surface area (Å²) in [6, 6.07) is 10.5. The molecule has 0 aliphatic rings. The first-order valence-corrected chi connectivity index (χ1v) is 7.33. The SMILES string of the molecule is CCCC(=O)Nc1ccc(Nc2cccc(C(=O)OC)c2)nc1. The molecule has 23 heavy (non-hydrogen) atoms. The summed E-state index contributed by atoms with van der Waals surface area (Å²) in [7, 11) is 1.34. The standard InChI is InChI=1S/C17H19N3O3/c1-3-5-16(21)20-14-8-9-15(18-11-14)19-13-7-4-6-12(10-13)17(22)23-2/h4,6-11H,3,5H2,1-2H3,(H,18,19)(H,20,21). The third-order valence-electron chi connectivity index (χ3n) is 3.08. The number of esters is 1. The molecule has 1 heterocycles. The van der Waals surface area contributed by atoms with Crippen LogP contribution in [0.3, 0.4) is 0 Å². The second-order valence-electron chi connectivity index (χ2n) is 4.93. The van der Waals surface area contributed by atoms with Gasteiger partial charge in [-0.3, -0.25) is 4.79 Å². The molecule has 120 valence electrons. The molecular formula is C17H19N3O3. The van der Waals surface area contributed by atoms with Crippen molar-refractivity contribution in [3.63, 3.8) is 0 Å². The zero-order valence-electron chi connectivity index (χ0n) is 13.1. The number of anilines is 3. The van der Waals surface area contributed by atoms with E-state index < -0.39 is 5.97 Å². The first-order chi connectivity index (χ1) is 11.1. The predicted molar refractivity (Wildman–Crippen MR) is 88.8 cm³/mol. The van der Waals surface area contributed by atoms with Gasteiger partial charge >= 0.3 is 5.97 Å². The molecule has 1 aromatic carbocycles. The Morgan fingerprint density at radius 1 is 1.17 bits per heavy atom. The molecule has 0 radical (unpaired) electrons. The Labute approximate surface area is 134 Å². The maximum absolute atomic E-state index is 11.5. The maximum atomic E-state index is 11.5. The summed E-state index contributed by atoms with van der Waals surface area (Å²) in [5, 5.41) is 5.87. The lowest BCUT2D eigenvalue weighted by Crippen LogP contribution is -2.10. The number of rotatable bonds is 6. The van der Waals surface area contributed by atoms with E-state index in [4.69, 9.17) is 4.74 Å². The van der Waals surface area contributed by atoms with E-state index in [9.17, 15) is 9.59 Å². The second-order valence-corrected chi connectivity index (χ2v) is 4.93. The lowest BCUT2D eigenvalue weighted by molar-refractivity contribution is -0.116. The number of carbonyl (C=O) groups is 2. The van der Waals surface area contributed by atoms with E-state index in [0.29, 0.717) is 23.5 Å². The monoisotopic (exact) mass is 313 g/mol. The van der Waals surface area contributed by atoms with Crippen molar-refractivity contribution < 1.29 is 14.3 Å². The molecule has 1 aromatic heterocycles. The van der Waals surface area contributed by atoms with Gasteiger partial charge in [0.1, 0.15) is 5.82 Å². The molecule has 2 rings (SSSR count). The number of hydrogen-bond donors (Lipinski definition) is 2. The topological polar surface area (TPSA) is 80.3 Å². The summed E-state index contributed by atoms with van der Waals surface area (Å²) >= 11 is 0. The third-order valence-corrected chi connectivity index (χ3v) is 3.08. The molecule has 6 heteroatoms. The van der Waals surface area contributed by atoms with Crippen molar-refractivity contribution in [2.45, 2.75) is 19.8 Å². The van der Waals surface area contributed by atoms with Crippen LogP contribution in [0.5, 0.6) is 0 Å². The number of pyridine rings is 1. The van der Waals surface area contributed by atoms with Gasteiger partial charge in [0.05, 0.1) is 24.6 Å². The van der Waals surface area contributed by atoms with Crippen molar-refractivity contribution in [2.75, 3.05) is 17.7 Å². The summed E-state index contributed by atoms with van der Waals surface area (Å²) < 4.78 is 4.69. The van der Waals surface area contributed by atoms with Crippen molar-refractivity contribution in [1.82, 2.24) is 4.98 Å². The highest BCUT2D eigenvalue weighted by Crippen LogP contribution is 2.18. The van der Waals surface area contributed by atoms with E-state index in [1.54, 1.807) is 36.5 Å². The molecule has 0 aliphatic heterocycles. The van der Waals surface area contributed by atoms with Crippen molar-refractivity contribution >= 4 is 29.1 Å².